The summed E-state index contributed by atoms with van der Waals surface area (Å²) in [5, 5.41) is 0. The molecule has 0 aromatic rings. The molecular formula is C3H8S2. The lowest BCUT2D eigenvalue weighted by Crippen LogP contribution is -1.71. The first-order valence-corrected chi connectivity index (χ1v) is 3.54. The maximum absolute atomic E-state index is 3.98. The lowest BCUT2D eigenvalue weighted by atomic mass is 11.0. The first-order chi connectivity index (χ1) is 2.41. The van der Waals surface area contributed by atoms with Crippen LogP contribution in [-0.2, 0) is 0 Å². The van der Waals surface area contributed by atoms with Crippen LogP contribution in [0.25, 0.3) is 0 Å². The van der Waals surface area contributed by atoms with Crippen LogP contribution in [0.2, 0.25) is 0 Å². The van der Waals surface area contributed by atoms with Gasteiger partial charge in [-0.1, -0.05) is 0 Å². The van der Waals surface area contributed by atoms with Gasteiger partial charge in [0.05, 0.1) is 0 Å². The van der Waals surface area contributed by atoms with Crippen LogP contribution < -0.4 is 0 Å². The largest absolute Gasteiger partial charge is 0.179 e. The molecule has 0 radical (unpaired) electrons. The summed E-state index contributed by atoms with van der Waals surface area (Å²) in [5.74, 6) is 2.17. The summed E-state index contributed by atoms with van der Waals surface area (Å²) in [4.78, 5) is 0. The van der Waals surface area contributed by atoms with Gasteiger partial charge in [-0.3, -0.25) is 0 Å². The van der Waals surface area contributed by atoms with Gasteiger partial charge in [-0.15, -0.1) is 0 Å². The van der Waals surface area contributed by atoms with Gasteiger partial charge in [-0.2, -0.15) is 24.4 Å². The lowest BCUT2D eigenvalue weighted by molar-refractivity contribution is 1.57. The zero-order valence-corrected chi connectivity index (χ0v) is 4.98. The van der Waals surface area contributed by atoms with E-state index in [9.17, 15) is 0 Å². The van der Waals surface area contributed by atoms with Crippen molar-refractivity contribution in [3.63, 3.8) is 0 Å². The van der Waals surface area contributed by atoms with Crippen molar-refractivity contribution in [3.05, 3.63) is 0 Å². The lowest BCUT2D eigenvalue weighted by Gasteiger charge is -1.79. The minimum absolute atomic E-state index is 1.00. The number of hydrogen-bond donors (Lipinski definition) is 1. The Hall–Kier alpha value is 0.700. The molecule has 0 aliphatic heterocycles. The van der Waals surface area contributed by atoms with E-state index < -0.39 is 0 Å². The third kappa shape index (κ3) is 4.70. The Kier molecular flexibility index (Phi) is 5.36. The smallest absolute Gasteiger partial charge is 0.00183 e. The van der Waals surface area contributed by atoms with Gasteiger partial charge < -0.3 is 0 Å². The molecule has 0 saturated heterocycles. The van der Waals surface area contributed by atoms with Gasteiger partial charge in [0.25, 0.3) is 0 Å². The number of rotatable bonds is 2. The zero-order chi connectivity index (χ0) is 4.12. The molecule has 0 aliphatic carbocycles. The molecule has 0 atom stereocenters. The maximum atomic E-state index is 3.98. The van der Waals surface area contributed by atoms with Crippen LogP contribution in [0.4, 0.5) is 0 Å². The quantitative estimate of drug-likeness (QED) is 0.520. The van der Waals surface area contributed by atoms with Crippen LogP contribution in [0.3, 0.4) is 0 Å². The molecule has 0 amide bonds. The van der Waals surface area contributed by atoms with Crippen LogP contribution in [0, 0.1) is 0 Å². The standard InChI is InChI=1S/C3H8S2/c1-5-3-2-4/h4H,2-3H2,1H3. The maximum Gasteiger partial charge on any atom is 0.00183 e. The number of hydrogen-bond acceptors (Lipinski definition) is 2. The molecule has 0 nitrogen and oxygen atoms in total. The Bertz CT molecular complexity index is 12.4. The van der Waals surface area contributed by atoms with E-state index in [4.69, 9.17) is 0 Å². The van der Waals surface area contributed by atoms with E-state index in [0.29, 0.717) is 0 Å². The minimum Gasteiger partial charge on any atom is -0.179 e. The summed E-state index contributed by atoms with van der Waals surface area (Å²) in [6.07, 6.45) is 2.08. The van der Waals surface area contributed by atoms with Gasteiger partial charge in [0.15, 0.2) is 0 Å². The Morgan fingerprint density at radius 1 is 1.80 bits per heavy atom. The average molecular weight is 108 g/mol. The van der Waals surface area contributed by atoms with Gasteiger partial charge >= 0.3 is 0 Å². The fraction of sp³-hybridized carbons (Fsp3) is 1.00. The molecule has 0 fully saturated rings. The summed E-state index contributed by atoms with van der Waals surface area (Å²) in [6.45, 7) is 0. The molecule has 32 valence electrons. The van der Waals surface area contributed by atoms with Crippen LogP contribution in [-0.4, -0.2) is 17.8 Å². The second kappa shape index (κ2) is 4.70. The molecule has 0 aliphatic rings. The molecule has 0 bridgehead atoms. The Morgan fingerprint density at radius 3 is 2.40 bits per heavy atom. The summed E-state index contributed by atoms with van der Waals surface area (Å²) < 4.78 is 0. The molecule has 0 spiro atoms. The highest BCUT2D eigenvalue weighted by atomic mass is 32.2. The molecule has 0 saturated carbocycles. The third-order valence-electron chi connectivity index (χ3n) is 0.295. The van der Waals surface area contributed by atoms with Gasteiger partial charge in [-0.25, -0.2) is 0 Å². The SMILES string of the molecule is CSCCS. The van der Waals surface area contributed by atoms with E-state index in [2.05, 4.69) is 18.9 Å². The van der Waals surface area contributed by atoms with Crippen LogP contribution >= 0.6 is 24.4 Å². The van der Waals surface area contributed by atoms with Crippen molar-refractivity contribution in [3.8, 4) is 0 Å². The van der Waals surface area contributed by atoms with E-state index in [1.54, 1.807) is 0 Å². The monoisotopic (exact) mass is 108 g/mol. The summed E-state index contributed by atoms with van der Waals surface area (Å²) in [5.41, 5.74) is 0. The fourth-order valence-electron chi connectivity index (χ4n) is 0.0913. The Morgan fingerprint density at radius 2 is 2.40 bits per heavy atom. The van der Waals surface area contributed by atoms with E-state index in [1.807, 2.05) is 11.8 Å². The van der Waals surface area contributed by atoms with Crippen molar-refractivity contribution in [2.24, 2.45) is 0 Å². The van der Waals surface area contributed by atoms with Gasteiger partial charge in [0.1, 0.15) is 0 Å². The molecular weight excluding hydrogens is 100 g/mol. The van der Waals surface area contributed by atoms with Crippen molar-refractivity contribution >= 4 is 24.4 Å². The van der Waals surface area contributed by atoms with E-state index in [-0.39, 0.29) is 0 Å². The fourth-order valence-corrected chi connectivity index (χ4v) is 0.822. The molecule has 2 heteroatoms. The van der Waals surface area contributed by atoms with Gasteiger partial charge in [-0.05, 0) is 12.0 Å². The Balaban J connectivity index is 2.19. The van der Waals surface area contributed by atoms with Gasteiger partial charge in [0.2, 0.25) is 0 Å². The van der Waals surface area contributed by atoms with E-state index in [1.165, 1.54) is 5.75 Å². The molecule has 0 heterocycles. The highest BCUT2D eigenvalue weighted by Crippen LogP contribution is 1.89. The van der Waals surface area contributed by atoms with Crippen molar-refractivity contribution in [2.75, 3.05) is 17.8 Å². The first-order valence-electron chi connectivity index (χ1n) is 1.51. The minimum atomic E-state index is 1.00. The number of thioether (sulfide) groups is 1. The van der Waals surface area contributed by atoms with Crippen LogP contribution in [0.15, 0.2) is 0 Å². The molecule has 5 heavy (non-hydrogen) atoms. The summed E-state index contributed by atoms with van der Waals surface area (Å²) in [6, 6.07) is 0. The van der Waals surface area contributed by atoms with Gasteiger partial charge in [0, 0.05) is 5.75 Å². The highest BCUT2D eigenvalue weighted by Gasteiger charge is 1.68. The highest BCUT2D eigenvalue weighted by molar-refractivity contribution is 7.99. The summed E-state index contributed by atoms with van der Waals surface area (Å²) in [7, 11) is 0. The normalized spacial score (nSPS) is 8.40. The van der Waals surface area contributed by atoms with Crippen LogP contribution in [0.5, 0.6) is 0 Å². The van der Waals surface area contributed by atoms with Crippen molar-refractivity contribution in [1.29, 1.82) is 0 Å². The molecule has 0 unspecified atom stereocenters. The zero-order valence-electron chi connectivity index (χ0n) is 3.27. The summed E-state index contributed by atoms with van der Waals surface area (Å²) >= 11 is 5.81. The van der Waals surface area contributed by atoms with E-state index >= 15 is 0 Å². The molecule has 0 N–H and O–H groups in total. The Labute approximate surface area is 42.7 Å². The predicted molar refractivity (Wildman–Crippen MR) is 32.2 cm³/mol. The first kappa shape index (κ1) is 5.70. The van der Waals surface area contributed by atoms with Crippen molar-refractivity contribution in [2.45, 2.75) is 0 Å². The second-order valence-corrected chi connectivity index (χ2v) is 2.15. The van der Waals surface area contributed by atoms with Crippen LogP contribution in [0.1, 0.15) is 0 Å². The van der Waals surface area contributed by atoms with Crippen molar-refractivity contribution < 1.29 is 0 Å². The van der Waals surface area contributed by atoms with E-state index in [0.717, 1.165) is 5.75 Å². The molecule has 0 aromatic carbocycles. The topological polar surface area (TPSA) is 0 Å². The van der Waals surface area contributed by atoms with Crippen molar-refractivity contribution in [1.82, 2.24) is 0 Å². The number of thiol groups is 1. The second-order valence-electron chi connectivity index (χ2n) is 0.716. The third-order valence-corrected chi connectivity index (χ3v) is 1.43. The molecule has 0 aromatic heterocycles. The average Bonchev–Trinajstić information content (AvgIpc) is 1.41. The predicted octanol–water partition coefficient (Wildman–Crippen LogP) is 1.28. The molecule has 0 rings (SSSR count).